The van der Waals surface area contributed by atoms with Crippen molar-refractivity contribution >= 4 is 10.9 Å². The Bertz CT molecular complexity index is 768. The van der Waals surface area contributed by atoms with Crippen molar-refractivity contribution in [2.45, 2.75) is 6.42 Å². The lowest BCUT2D eigenvalue weighted by Gasteiger charge is -2.11. The van der Waals surface area contributed by atoms with E-state index in [0.29, 0.717) is 6.54 Å². The summed E-state index contributed by atoms with van der Waals surface area (Å²) >= 11 is 0. The number of fused-ring (bicyclic) bond motifs is 1. The molecule has 3 rings (SSSR count). The van der Waals surface area contributed by atoms with Gasteiger partial charge in [0.1, 0.15) is 5.75 Å². The van der Waals surface area contributed by atoms with E-state index in [1.54, 1.807) is 7.11 Å². The first-order valence-corrected chi connectivity index (χ1v) is 7.05. The minimum absolute atomic E-state index is 0.636. The van der Waals surface area contributed by atoms with Gasteiger partial charge in [-0.15, -0.1) is 0 Å². The van der Waals surface area contributed by atoms with Gasteiger partial charge in [-0.3, -0.25) is 0 Å². The number of nitrogens with zero attached hydrogens (tertiary/aromatic N) is 1. The van der Waals surface area contributed by atoms with Gasteiger partial charge < -0.3 is 10.5 Å². The number of rotatable bonds is 4. The SMILES string of the molecule is COc1ccc(CCN)cc1-c1ccc2ccccc2n1. The van der Waals surface area contributed by atoms with Crippen LogP contribution < -0.4 is 10.5 Å². The lowest BCUT2D eigenvalue weighted by molar-refractivity contribution is 0.416. The quantitative estimate of drug-likeness (QED) is 0.795. The Morgan fingerprint density at radius 3 is 2.71 bits per heavy atom. The fraction of sp³-hybridized carbons (Fsp3) is 0.167. The Hall–Kier alpha value is -2.39. The van der Waals surface area contributed by atoms with Gasteiger partial charge in [-0.1, -0.05) is 30.3 Å². The summed E-state index contributed by atoms with van der Waals surface area (Å²) in [5.74, 6) is 0.832. The fourth-order valence-corrected chi connectivity index (χ4v) is 2.49. The van der Waals surface area contributed by atoms with E-state index in [0.717, 1.165) is 34.3 Å². The summed E-state index contributed by atoms with van der Waals surface area (Å²) in [4.78, 5) is 4.74. The van der Waals surface area contributed by atoms with Gasteiger partial charge >= 0.3 is 0 Å². The molecule has 0 saturated heterocycles. The molecule has 0 radical (unpaired) electrons. The number of methoxy groups -OCH3 is 1. The molecule has 3 heteroatoms. The maximum Gasteiger partial charge on any atom is 0.128 e. The van der Waals surface area contributed by atoms with E-state index in [9.17, 15) is 0 Å². The van der Waals surface area contributed by atoms with Gasteiger partial charge in [0.2, 0.25) is 0 Å². The van der Waals surface area contributed by atoms with Crippen LogP contribution >= 0.6 is 0 Å². The standard InChI is InChI=1S/C18H18N2O/c1-21-18-9-6-13(10-11-19)12-15(18)17-8-7-14-4-2-3-5-16(14)20-17/h2-9,12H,10-11,19H2,1H3. The van der Waals surface area contributed by atoms with E-state index in [4.69, 9.17) is 15.5 Å². The number of hydrogen-bond acceptors (Lipinski definition) is 3. The molecular formula is C18H18N2O. The summed E-state index contributed by atoms with van der Waals surface area (Å²) in [5.41, 5.74) is 9.76. The van der Waals surface area contributed by atoms with E-state index in [-0.39, 0.29) is 0 Å². The normalized spacial score (nSPS) is 10.8. The van der Waals surface area contributed by atoms with Gasteiger partial charge in [-0.2, -0.15) is 0 Å². The second kappa shape index (κ2) is 5.94. The first-order valence-electron chi connectivity index (χ1n) is 7.05. The van der Waals surface area contributed by atoms with Crippen molar-refractivity contribution in [2.75, 3.05) is 13.7 Å². The first-order chi connectivity index (χ1) is 10.3. The van der Waals surface area contributed by atoms with Gasteiger partial charge in [0, 0.05) is 10.9 Å². The monoisotopic (exact) mass is 278 g/mol. The van der Waals surface area contributed by atoms with Gasteiger partial charge in [0.25, 0.3) is 0 Å². The maximum atomic E-state index is 5.65. The van der Waals surface area contributed by atoms with Crippen LogP contribution in [-0.2, 0) is 6.42 Å². The molecule has 3 aromatic rings. The van der Waals surface area contributed by atoms with Crippen molar-refractivity contribution < 1.29 is 4.74 Å². The zero-order valence-corrected chi connectivity index (χ0v) is 12.0. The highest BCUT2D eigenvalue weighted by molar-refractivity contribution is 5.82. The van der Waals surface area contributed by atoms with E-state index in [2.05, 4.69) is 24.3 Å². The summed E-state index contributed by atoms with van der Waals surface area (Å²) in [6, 6.07) is 18.4. The van der Waals surface area contributed by atoms with Gasteiger partial charge in [0.15, 0.2) is 0 Å². The second-order valence-electron chi connectivity index (χ2n) is 4.96. The molecule has 0 unspecified atom stereocenters. The number of pyridine rings is 1. The fourth-order valence-electron chi connectivity index (χ4n) is 2.49. The molecule has 0 fully saturated rings. The lowest BCUT2D eigenvalue weighted by Crippen LogP contribution is -2.03. The molecule has 106 valence electrons. The average molecular weight is 278 g/mol. The van der Waals surface area contributed by atoms with E-state index >= 15 is 0 Å². The predicted molar refractivity (Wildman–Crippen MR) is 86.5 cm³/mol. The number of nitrogens with two attached hydrogens (primary N) is 1. The molecule has 0 aliphatic carbocycles. The molecule has 0 amide bonds. The van der Waals surface area contributed by atoms with Crippen LogP contribution in [0.3, 0.4) is 0 Å². The topological polar surface area (TPSA) is 48.1 Å². The molecular weight excluding hydrogens is 260 g/mol. The van der Waals surface area contributed by atoms with Crippen LogP contribution in [0.15, 0.2) is 54.6 Å². The summed E-state index contributed by atoms with van der Waals surface area (Å²) in [6.45, 7) is 0.636. The van der Waals surface area contributed by atoms with Crippen LogP contribution in [0, 0.1) is 0 Å². The van der Waals surface area contributed by atoms with E-state index in [1.165, 1.54) is 5.56 Å². The first kappa shape index (κ1) is 13.6. The van der Waals surface area contributed by atoms with Crippen LogP contribution in [0.2, 0.25) is 0 Å². The molecule has 21 heavy (non-hydrogen) atoms. The van der Waals surface area contributed by atoms with E-state index < -0.39 is 0 Å². The predicted octanol–water partition coefficient (Wildman–Crippen LogP) is 3.41. The third-order valence-corrected chi connectivity index (χ3v) is 3.57. The van der Waals surface area contributed by atoms with Crippen LogP contribution in [-0.4, -0.2) is 18.6 Å². The Kier molecular flexibility index (Phi) is 3.84. The van der Waals surface area contributed by atoms with Crippen LogP contribution in [0.1, 0.15) is 5.56 Å². The highest BCUT2D eigenvalue weighted by Crippen LogP contribution is 2.31. The molecule has 0 aliphatic rings. The lowest BCUT2D eigenvalue weighted by atomic mass is 10.0. The maximum absolute atomic E-state index is 5.65. The summed E-state index contributed by atoms with van der Waals surface area (Å²) in [5, 5.41) is 1.14. The summed E-state index contributed by atoms with van der Waals surface area (Å²) < 4.78 is 5.47. The van der Waals surface area contributed by atoms with Crippen LogP contribution in [0.25, 0.3) is 22.2 Å². The molecule has 0 aliphatic heterocycles. The third-order valence-electron chi connectivity index (χ3n) is 3.57. The molecule has 2 N–H and O–H groups in total. The van der Waals surface area contributed by atoms with Crippen molar-refractivity contribution in [3.63, 3.8) is 0 Å². The van der Waals surface area contributed by atoms with Crippen molar-refractivity contribution in [3.05, 3.63) is 60.2 Å². The molecule has 2 aromatic carbocycles. The van der Waals surface area contributed by atoms with Crippen LogP contribution in [0.4, 0.5) is 0 Å². The Labute approximate surface area is 124 Å². The Morgan fingerprint density at radius 2 is 1.90 bits per heavy atom. The molecule has 3 nitrogen and oxygen atoms in total. The van der Waals surface area contributed by atoms with Crippen molar-refractivity contribution in [1.29, 1.82) is 0 Å². The largest absolute Gasteiger partial charge is 0.496 e. The van der Waals surface area contributed by atoms with Crippen LogP contribution in [0.5, 0.6) is 5.75 Å². The highest BCUT2D eigenvalue weighted by atomic mass is 16.5. The second-order valence-corrected chi connectivity index (χ2v) is 4.96. The molecule has 0 atom stereocenters. The van der Waals surface area contributed by atoms with E-state index in [1.807, 2.05) is 30.3 Å². The zero-order valence-electron chi connectivity index (χ0n) is 12.0. The molecule has 1 heterocycles. The minimum atomic E-state index is 0.636. The summed E-state index contributed by atoms with van der Waals surface area (Å²) in [6.07, 6.45) is 0.852. The number of aromatic nitrogens is 1. The van der Waals surface area contributed by atoms with Crippen molar-refractivity contribution in [3.8, 4) is 17.0 Å². The Balaban J connectivity index is 2.13. The molecule has 0 spiro atoms. The number of para-hydroxylation sites is 1. The number of ether oxygens (including phenoxy) is 1. The van der Waals surface area contributed by atoms with Crippen molar-refractivity contribution in [2.24, 2.45) is 5.73 Å². The Morgan fingerprint density at radius 1 is 1.05 bits per heavy atom. The minimum Gasteiger partial charge on any atom is -0.496 e. The molecule has 0 bridgehead atoms. The van der Waals surface area contributed by atoms with Crippen molar-refractivity contribution in [1.82, 2.24) is 4.98 Å². The molecule has 1 aromatic heterocycles. The smallest absolute Gasteiger partial charge is 0.128 e. The van der Waals surface area contributed by atoms with Gasteiger partial charge in [-0.25, -0.2) is 4.98 Å². The number of benzene rings is 2. The molecule has 0 saturated carbocycles. The highest BCUT2D eigenvalue weighted by Gasteiger charge is 2.09. The zero-order chi connectivity index (χ0) is 14.7. The van der Waals surface area contributed by atoms with Gasteiger partial charge in [0.05, 0.1) is 18.3 Å². The average Bonchev–Trinajstić information content (AvgIpc) is 2.54. The number of hydrogen-bond donors (Lipinski definition) is 1. The third kappa shape index (κ3) is 2.73. The van der Waals surface area contributed by atoms with Gasteiger partial charge in [-0.05, 0) is 42.8 Å². The summed E-state index contributed by atoms with van der Waals surface area (Å²) in [7, 11) is 1.68.